The van der Waals surface area contributed by atoms with Gasteiger partial charge in [0.2, 0.25) is 0 Å². The van der Waals surface area contributed by atoms with Gasteiger partial charge in [-0.3, -0.25) is 4.90 Å². The Bertz CT molecular complexity index is 1350. The van der Waals surface area contributed by atoms with Gasteiger partial charge in [0.15, 0.2) is 5.82 Å². The fourth-order valence-electron chi connectivity index (χ4n) is 4.09. The Balaban J connectivity index is 1.83. The van der Waals surface area contributed by atoms with Gasteiger partial charge in [-0.15, -0.1) is 16.1 Å². The SMILES string of the molecule is CC#CCN1CCC(n2cc(C#Cc3c(Cl)c(OC)cc(OC)c3Cl)c3c(N)nnc(O)c32)C1. The molecule has 1 atom stereocenters. The zero-order valence-electron chi connectivity index (χ0n) is 18.9. The van der Waals surface area contributed by atoms with Crippen molar-refractivity contribution in [1.82, 2.24) is 19.7 Å². The third-order valence-electron chi connectivity index (χ3n) is 5.77. The molecule has 1 aliphatic heterocycles. The minimum atomic E-state index is -0.205. The van der Waals surface area contributed by atoms with Crippen molar-refractivity contribution in [3.63, 3.8) is 0 Å². The Hall–Kier alpha value is -3.30. The number of benzene rings is 1. The lowest BCUT2D eigenvalue weighted by Crippen LogP contribution is -2.21. The van der Waals surface area contributed by atoms with E-state index in [1.165, 1.54) is 14.2 Å². The second-order valence-corrected chi connectivity index (χ2v) is 8.48. The minimum absolute atomic E-state index is 0.0929. The third-order valence-corrected chi connectivity index (χ3v) is 6.52. The molecule has 0 bridgehead atoms. The van der Waals surface area contributed by atoms with Crippen molar-refractivity contribution in [3.8, 4) is 41.1 Å². The molecule has 0 radical (unpaired) electrons. The fraction of sp³-hybridized carbons (Fsp3) is 0.333. The molecular weight excluding hydrogens is 477 g/mol. The Morgan fingerprint density at radius 2 is 1.88 bits per heavy atom. The smallest absolute Gasteiger partial charge is 0.256 e. The predicted molar refractivity (Wildman–Crippen MR) is 133 cm³/mol. The van der Waals surface area contributed by atoms with Crippen molar-refractivity contribution in [1.29, 1.82) is 0 Å². The second kappa shape index (κ2) is 9.90. The van der Waals surface area contributed by atoms with E-state index in [4.69, 9.17) is 38.4 Å². The molecule has 1 saturated heterocycles. The first kappa shape index (κ1) is 23.8. The number of ether oxygens (including phenoxy) is 2. The summed E-state index contributed by atoms with van der Waals surface area (Å²) in [5.41, 5.74) is 7.58. The second-order valence-electron chi connectivity index (χ2n) is 7.72. The number of nitrogens with zero attached hydrogens (tertiary/aromatic N) is 4. The molecule has 1 aliphatic rings. The van der Waals surface area contributed by atoms with E-state index >= 15 is 0 Å². The lowest BCUT2D eigenvalue weighted by molar-refractivity contribution is 0.363. The summed E-state index contributed by atoms with van der Waals surface area (Å²) in [5.74, 6) is 12.9. The molecule has 0 saturated carbocycles. The first-order chi connectivity index (χ1) is 16.4. The number of likely N-dealkylation sites (tertiary alicyclic amines) is 1. The summed E-state index contributed by atoms with van der Waals surface area (Å²) in [6, 6.07) is 1.69. The van der Waals surface area contributed by atoms with Gasteiger partial charge in [0.1, 0.15) is 17.0 Å². The van der Waals surface area contributed by atoms with Crippen LogP contribution in [0, 0.1) is 23.7 Å². The average Bonchev–Trinajstić information content (AvgIpc) is 3.45. The Kier molecular flexibility index (Phi) is 6.95. The van der Waals surface area contributed by atoms with Gasteiger partial charge in [-0.1, -0.05) is 41.0 Å². The Labute approximate surface area is 207 Å². The quantitative estimate of drug-likeness (QED) is 0.527. The molecule has 0 amide bonds. The number of hydrogen-bond acceptors (Lipinski definition) is 7. The van der Waals surface area contributed by atoms with Gasteiger partial charge in [0, 0.05) is 31.4 Å². The van der Waals surface area contributed by atoms with Gasteiger partial charge in [0.05, 0.1) is 47.3 Å². The molecule has 10 heteroatoms. The molecule has 0 spiro atoms. The third kappa shape index (κ3) is 4.28. The standard InChI is InChI=1S/C24H23Cl2N5O3/c1-4-5-9-30-10-8-15(13-30)31-12-14(19-22(31)24(32)29-28-23(19)27)6-7-16-20(25)17(33-2)11-18(34-3)21(16)26/h11-12,15H,8-10,13H2,1-3H3,(H2,27,28)(H,29,32). The number of anilines is 1. The molecule has 3 aromatic rings. The number of methoxy groups -OCH3 is 2. The highest BCUT2D eigenvalue weighted by Gasteiger charge is 2.27. The summed E-state index contributed by atoms with van der Waals surface area (Å²) in [6.07, 6.45) is 2.74. The van der Waals surface area contributed by atoms with Gasteiger partial charge >= 0.3 is 0 Å². The number of nitrogens with two attached hydrogens (primary N) is 1. The normalized spacial score (nSPS) is 15.5. The molecule has 1 aromatic carbocycles. The number of nitrogen functional groups attached to an aromatic ring is 1. The summed E-state index contributed by atoms with van der Waals surface area (Å²) < 4.78 is 12.6. The zero-order chi connectivity index (χ0) is 24.4. The van der Waals surface area contributed by atoms with Gasteiger partial charge in [-0.2, -0.15) is 0 Å². The highest BCUT2D eigenvalue weighted by atomic mass is 35.5. The molecule has 4 rings (SSSR count). The van der Waals surface area contributed by atoms with E-state index in [1.54, 1.807) is 6.07 Å². The van der Waals surface area contributed by atoms with E-state index in [0.717, 1.165) is 19.5 Å². The molecule has 176 valence electrons. The predicted octanol–water partition coefficient (Wildman–Crippen LogP) is 3.71. The van der Waals surface area contributed by atoms with E-state index in [2.05, 4.69) is 38.8 Å². The van der Waals surface area contributed by atoms with E-state index in [1.807, 2.05) is 17.7 Å². The largest absolute Gasteiger partial charge is 0.495 e. The average molecular weight is 500 g/mol. The van der Waals surface area contributed by atoms with Crippen LogP contribution in [0.4, 0.5) is 5.82 Å². The van der Waals surface area contributed by atoms with E-state index in [0.29, 0.717) is 40.1 Å². The van der Waals surface area contributed by atoms with Crippen molar-refractivity contribution in [2.24, 2.45) is 0 Å². The van der Waals surface area contributed by atoms with Crippen LogP contribution < -0.4 is 15.2 Å². The van der Waals surface area contributed by atoms with Crippen LogP contribution in [-0.4, -0.2) is 58.6 Å². The number of aromatic nitrogens is 3. The van der Waals surface area contributed by atoms with E-state index in [9.17, 15) is 5.11 Å². The monoisotopic (exact) mass is 499 g/mol. The molecule has 3 heterocycles. The Morgan fingerprint density at radius 3 is 2.53 bits per heavy atom. The van der Waals surface area contributed by atoms with Crippen LogP contribution in [0.3, 0.4) is 0 Å². The van der Waals surface area contributed by atoms with Gasteiger partial charge in [-0.25, -0.2) is 0 Å². The molecular formula is C24H23Cl2N5O3. The van der Waals surface area contributed by atoms with Gasteiger partial charge in [0.25, 0.3) is 5.88 Å². The number of fused-ring (bicyclic) bond motifs is 1. The summed E-state index contributed by atoms with van der Waals surface area (Å²) in [7, 11) is 3.00. The van der Waals surface area contributed by atoms with Crippen LogP contribution in [0.1, 0.15) is 30.5 Å². The highest BCUT2D eigenvalue weighted by Crippen LogP contribution is 2.40. The Morgan fingerprint density at radius 1 is 1.18 bits per heavy atom. The van der Waals surface area contributed by atoms with Crippen molar-refractivity contribution in [3.05, 3.63) is 33.4 Å². The topological polar surface area (TPSA) is 98.7 Å². The molecule has 8 nitrogen and oxygen atoms in total. The minimum Gasteiger partial charge on any atom is -0.495 e. The van der Waals surface area contributed by atoms with Crippen LogP contribution in [0.15, 0.2) is 12.3 Å². The molecule has 34 heavy (non-hydrogen) atoms. The number of hydrogen-bond donors (Lipinski definition) is 2. The summed E-state index contributed by atoms with van der Waals surface area (Å²) in [6.45, 7) is 4.19. The molecule has 3 N–H and O–H groups in total. The van der Waals surface area contributed by atoms with Crippen LogP contribution in [0.2, 0.25) is 10.0 Å². The van der Waals surface area contributed by atoms with E-state index < -0.39 is 0 Å². The number of halogens is 2. The van der Waals surface area contributed by atoms with Crippen LogP contribution in [-0.2, 0) is 0 Å². The molecule has 0 aliphatic carbocycles. The van der Waals surface area contributed by atoms with Crippen LogP contribution >= 0.6 is 23.2 Å². The maximum absolute atomic E-state index is 10.6. The first-order valence-electron chi connectivity index (χ1n) is 10.5. The zero-order valence-corrected chi connectivity index (χ0v) is 20.5. The molecule has 2 aromatic heterocycles. The van der Waals surface area contributed by atoms with Crippen molar-refractivity contribution >= 4 is 39.9 Å². The van der Waals surface area contributed by atoms with E-state index in [-0.39, 0.29) is 27.8 Å². The summed E-state index contributed by atoms with van der Waals surface area (Å²) in [5, 5.41) is 19.3. The van der Waals surface area contributed by atoms with Crippen molar-refractivity contribution in [2.75, 3.05) is 39.6 Å². The highest BCUT2D eigenvalue weighted by molar-refractivity contribution is 6.38. The van der Waals surface area contributed by atoms with Crippen molar-refractivity contribution in [2.45, 2.75) is 19.4 Å². The first-order valence-corrected chi connectivity index (χ1v) is 11.2. The summed E-state index contributed by atoms with van der Waals surface area (Å²) in [4.78, 5) is 2.26. The lowest BCUT2D eigenvalue weighted by Gasteiger charge is -2.15. The molecule has 1 fully saturated rings. The number of rotatable bonds is 4. The summed E-state index contributed by atoms with van der Waals surface area (Å²) >= 11 is 12.9. The van der Waals surface area contributed by atoms with Crippen LogP contribution in [0.25, 0.3) is 10.9 Å². The molecule has 1 unspecified atom stereocenters. The lowest BCUT2D eigenvalue weighted by atomic mass is 10.1. The van der Waals surface area contributed by atoms with Crippen LogP contribution in [0.5, 0.6) is 17.4 Å². The van der Waals surface area contributed by atoms with Gasteiger partial charge in [-0.05, 0) is 13.3 Å². The van der Waals surface area contributed by atoms with Gasteiger partial charge < -0.3 is 24.9 Å². The maximum atomic E-state index is 10.6. The maximum Gasteiger partial charge on any atom is 0.256 e. The number of aromatic hydroxyl groups is 1. The van der Waals surface area contributed by atoms with Crippen molar-refractivity contribution < 1.29 is 14.6 Å². The fourth-order valence-corrected chi connectivity index (χ4v) is 4.69.